The van der Waals surface area contributed by atoms with Crippen LogP contribution in [-0.4, -0.2) is 29.3 Å². The number of hydrogen-bond donors (Lipinski definition) is 3. The van der Waals surface area contributed by atoms with Crippen molar-refractivity contribution in [3.05, 3.63) is 107 Å². The lowest BCUT2D eigenvalue weighted by atomic mass is 9.96. The van der Waals surface area contributed by atoms with Crippen molar-refractivity contribution >= 4 is 22.6 Å². The van der Waals surface area contributed by atoms with E-state index in [0.29, 0.717) is 23.2 Å². The Morgan fingerprint density at radius 2 is 1.74 bits per heavy atom. The number of nitrogens with one attached hydrogen (secondary N) is 3. The zero-order valence-corrected chi connectivity index (χ0v) is 19.8. The molecule has 0 aliphatic rings. The van der Waals surface area contributed by atoms with Gasteiger partial charge in [0.2, 0.25) is 0 Å². The summed E-state index contributed by atoms with van der Waals surface area (Å²) in [6.45, 7) is 4.43. The fourth-order valence-electron chi connectivity index (χ4n) is 4.09. The number of hydrogen-bond acceptors (Lipinski definition) is 4. The first-order valence-corrected chi connectivity index (χ1v) is 11.7. The second kappa shape index (κ2) is 10.8. The van der Waals surface area contributed by atoms with E-state index >= 15 is 0 Å². The zero-order chi connectivity index (χ0) is 24.8. The molecule has 1 heterocycles. The average Bonchev–Trinajstić information content (AvgIpc) is 3.30. The molecule has 35 heavy (non-hydrogen) atoms. The molecule has 1 atom stereocenters. The predicted octanol–water partition coefficient (Wildman–Crippen LogP) is 4.93. The van der Waals surface area contributed by atoms with Crippen molar-refractivity contribution < 1.29 is 9.59 Å². The van der Waals surface area contributed by atoms with Crippen LogP contribution in [0.5, 0.6) is 0 Å². The van der Waals surface area contributed by atoms with Crippen molar-refractivity contribution in [2.45, 2.75) is 32.4 Å². The quantitative estimate of drug-likeness (QED) is 0.306. The Bertz CT molecular complexity index is 1370. The van der Waals surface area contributed by atoms with Crippen LogP contribution < -0.4 is 10.6 Å². The smallest absolute Gasteiger partial charge is 0.251 e. The largest absolute Gasteiger partial charge is 0.360 e. The van der Waals surface area contributed by atoms with Gasteiger partial charge in [0.05, 0.1) is 17.7 Å². The molecule has 176 valence electrons. The summed E-state index contributed by atoms with van der Waals surface area (Å²) in [5, 5.41) is 16.1. The number of Topliss-reactive ketones (excluding diaryl/α,β-unsaturated/α-hetero) is 1. The summed E-state index contributed by atoms with van der Waals surface area (Å²) in [6.07, 6.45) is 2.44. The Balaban J connectivity index is 1.56. The van der Waals surface area contributed by atoms with Crippen LogP contribution >= 0.6 is 0 Å². The van der Waals surface area contributed by atoms with Gasteiger partial charge in [-0.3, -0.25) is 9.59 Å². The van der Waals surface area contributed by atoms with Gasteiger partial charge >= 0.3 is 0 Å². The standard InChI is InChI=1S/C29H28N4O2/c1-19(2)33-29(35)23-12-13-24-25(18-32-26(24)16-23)28(34)27(22-6-4-3-5-7-22)31-15-14-20-8-10-21(17-30)11-9-20/h3-13,16,18-19,27,31-32H,14-15H2,1-2H3,(H,33,35)/t27-/m1/s1. The van der Waals surface area contributed by atoms with Crippen LogP contribution in [0.4, 0.5) is 0 Å². The molecule has 6 heteroatoms. The van der Waals surface area contributed by atoms with Crippen LogP contribution in [0.3, 0.4) is 0 Å². The fourth-order valence-corrected chi connectivity index (χ4v) is 4.09. The molecule has 0 aliphatic carbocycles. The Labute approximate surface area is 205 Å². The van der Waals surface area contributed by atoms with Gasteiger partial charge < -0.3 is 15.6 Å². The van der Waals surface area contributed by atoms with E-state index in [-0.39, 0.29) is 17.7 Å². The van der Waals surface area contributed by atoms with Gasteiger partial charge in [-0.15, -0.1) is 0 Å². The predicted molar refractivity (Wildman–Crippen MR) is 137 cm³/mol. The second-order valence-corrected chi connectivity index (χ2v) is 8.81. The van der Waals surface area contributed by atoms with Crippen LogP contribution in [0.15, 0.2) is 79.0 Å². The molecule has 0 radical (unpaired) electrons. The molecule has 3 N–H and O–H groups in total. The number of carbonyl (C=O) groups excluding carboxylic acids is 2. The van der Waals surface area contributed by atoms with Gasteiger partial charge in [-0.25, -0.2) is 0 Å². The Morgan fingerprint density at radius 3 is 2.43 bits per heavy atom. The Kier molecular flexibility index (Phi) is 7.39. The number of benzene rings is 3. The second-order valence-electron chi connectivity index (χ2n) is 8.81. The highest BCUT2D eigenvalue weighted by atomic mass is 16.1. The number of ketones is 1. The summed E-state index contributed by atoms with van der Waals surface area (Å²) in [4.78, 5) is 29.3. The van der Waals surface area contributed by atoms with E-state index in [2.05, 4.69) is 21.7 Å². The highest BCUT2D eigenvalue weighted by molar-refractivity contribution is 6.11. The molecule has 0 aliphatic heterocycles. The maximum absolute atomic E-state index is 13.7. The van der Waals surface area contributed by atoms with Gasteiger partial charge in [0.15, 0.2) is 5.78 Å². The number of nitriles is 1. The van der Waals surface area contributed by atoms with E-state index in [1.54, 1.807) is 30.5 Å². The molecule has 4 aromatic rings. The van der Waals surface area contributed by atoms with Crippen LogP contribution in [-0.2, 0) is 6.42 Å². The molecule has 0 saturated heterocycles. The molecule has 4 rings (SSSR count). The van der Waals surface area contributed by atoms with E-state index in [4.69, 9.17) is 5.26 Å². The highest BCUT2D eigenvalue weighted by Gasteiger charge is 2.24. The normalized spacial score (nSPS) is 11.8. The maximum atomic E-state index is 13.7. The SMILES string of the molecule is CC(C)NC(=O)c1ccc2c(C(=O)[C@H](NCCc3ccc(C#N)cc3)c3ccccc3)c[nH]c2c1. The first kappa shape index (κ1) is 23.9. The molecular formula is C29H28N4O2. The third-order valence-corrected chi connectivity index (χ3v) is 5.87. The van der Waals surface area contributed by atoms with Crippen molar-refractivity contribution in [3.8, 4) is 6.07 Å². The monoisotopic (exact) mass is 464 g/mol. The molecule has 0 saturated carbocycles. The number of fused-ring (bicyclic) bond motifs is 1. The van der Waals surface area contributed by atoms with Crippen molar-refractivity contribution in [2.24, 2.45) is 0 Å². The minimum absolute atomic E-state index is 0.0401. The van der Waals surface area contributed by atoms with Gasteiger partial charge in [0, 0.05) is 40.8 Å². The van der Waals surface area contributed by atoms with Crippen LogP contribution in [0.1, 0.15) is 57.3 Å². The van der Waals surface area contributed by atoms with Crippen molar-refractivity contribution in [3.63, 3.8) is 0 Å². The molecule has 0 spiro atoms. The molecule has 6 nitrogen and oxygen atoms in total. The molecule has 1 aromatic heterocycles. The minimum Gasteiger partial charge on any atom is -0.360 e. The van der Waals surface area contributed by atoms with Crippen molar-refractivity contribution in [1.82, 2.24) is 15.6 Å². The van der Waals surface area contributed by atoms with E-state index in [9.17, 15) is 9.59 Å². The third kappa shape index (κ3) is 5.65. The number of rotatable bonds is 9. The van der Waals surface area contributed by atoms with Crippen LogP contribution in [0.25, 0.3) is 10.9 Å². The highest BCUT2D eigenvalue weighted by Crippen LogP contribution is 2.26. The lowest BCUT2D eigenvalue weighted by Crippen LogP contribution is -2.30. The van der Waals surface area contributed by atoms with E-state index in [1.807, 2.05) is 62.4 Å². The zero-order valence-electron chi connectivity index (χ0n) is 19.8. The summed E-state index contributed by atoms with van der Waals surface area (Å²) in [5.74, 6) is -0.183. The maximum Gasteiger partial charge on any atom is 0.251 e. The fraction of sp³-hybridized carbons (Fsp3) is 0.207. The third-order valence-electron chi connectivity index (χ3n) is 5.87. The minimum atomic E-state index is -0.516. The summed E-state index contributed by atoms with van der Waals surface area (Å²) >= 11 is 0. The van der Waals surface area contributed by atoms with Gasteiger partial charge in [0.1, 0.15) is 0 Å². The summed E-state index contributed by atoms with van der Waals surface area (Å²) in [7, 11) is 0. The molecule has 0 unspecified atom stereocenters. The molecule has 0 bridgehead atoms. The Morgan fingerprint density at radius 1 is 1.00 bits per heavy atom. The van der Waals surface area contributed by atoms with Crippen molar-refractivity contribution in [2.75, 3.05) is 6.54 Å². The van der Waals surface area contributed by atoms with Crippen LogP contribution in [0.2, 0.25) is 0 Å². The Hall–Kier alpha value is -4.21. The van der Waals surface area contributed by atoms with E-state index in [0.717, 1.165) is 28.5 Å². The summed E-state index contributed by atoms with van der Waals surface area (Å²) < 4.78 is 0. The number of amides is 1. The molecular weight excluding hydrogens is 436 g/mol. The lowest BCUT2D eigenvalue weighted by Gasteiger charge is -2.18. The van der Waals surface area contributed by atoms with E-state index < -0.39 is 6.04 Å². The molecule has 1 amide bonds. The summed E-state index contributed by atoms with van der Waals surface area (Å²) in [6, 6.07) is 24.2. The first-order valence-electron chi connectivity index (χ1n) is 11.7. The number of carbonyl (C=O) groups is 2. The lowest BCUT2D eigenvalue weighted by molar-refractivity contribution is 0.0936. The number of nitrogens with zero attached hydrogens (tertiary/aromatic N) is 1. The number of aromatic amines is 1. The molecule has 3 aromatic carbocycles. The average molecular weight is 465 g/mol. The number of H-pyrrole nitrogens is 1. The first-order chi connectivity index (χ1) is 17.0. The van der Waals surface area contributed by atoms with Crippen molar-refractivity contribution in [1.29, 1.82) is 5.26 Å². The number of aromatic nitrogens is 1. The van der Waals surface area contributed by atoms with Gasteiger partial charge in [-0.2, -0.15) is 5.26 Å². The van der Waals surface area contributed by atoms with Gasteiger partial charge in [0.25, 0.3) is 5.91 Å². The van der Waals surface area contributed by atoms with Gasteiger partial charge in [-0.1, -0.05) is 48.5 Å². The topological polar surface area (TPSA) is 97.8 Å². The molecule has 0 fully saturated rings. The van der Waals surface area contributed by atoms with Crippen LogP contribution in [0, 0.1) is 11.3 Å². The van der Waals surface area contributed by atoms with Gasteiger partial charge in [-0.05, 0) is 55.7 Å². The van der Waals surface area contributed by atoms with E-state index in [1.165, 1.54) is 0 Å². The summed E-state index contributed by atoms with van der Waals surface area (Å²) in [5.41, 5.74) is 4.48.